The fourth-order valence-corrected chi connectivity index (χ4v) is 4.36. The number of likely N-dealkylation sites (tertiary alicyclic amines) is 1. The highest BCUT2D eigenvalue weighted by molar-refractivity contribution is 6.46. The van der Waals surface area contributed by atoms with Crippen LogP contribution in [0.3, 0.4) is 0 Å². The Bertz CT molecular complexity index is 1070. The maximum atomic E-state index is 13.1. The van der Waals surface area contributed by atoms with E-state index in [0.29, 0.717) is 30.2 Å². The molecule has 5 heteroatoms. The van der Waals surface area contributed by atoms with Gasteiger partial charge in [0.05, 0.1) is 18.7 Å². The van der Waals surface area contributed by atoms with Gasteiger partial charge in [0.25, 0.3) is 11.7 Å². The highest BCUT2D eigenvalue weighted by atomic mass is 16.5. The SMILES string of the molecule is CCCN1C(=O)C(=O)/C(=C(\O)c2ccc(OC)c(C(C)(C)C)c2)C1c1ccc(C(C)C)cc1. The number of rotatable bonds is 6. The van der Waals surface area contributed by atoms with Gasteiger partial charge in [-0.2, -0.15) is 0 Å². The molecule has 0 bridgehead atoms. The van der Waals surface area contributed by atoms with E-state index in [0.717, 1.165) is 11.1 Å². The maximum Gasteiger partial charge on any atom is 0.295 e. The van der Waals surface area contributed by atoms with Crippen molar-refractivity contribution in [3.8, 4) is 5.75 Å². The van der Waals surface area contributed by atoms with Crippen molar-refractivity contribution in [1.29, 1.82) is 0 Å². The molecule has 5 nitrogen and oxygen atoms in total. The van der Waals surface area contributed by atoms with Gasteiger partial charge in [0.15, 0.2) is 0 Å². The van der Waals surface area contributed by atoms with E-state index in [1.807, 2.05) is 37.3 Å². The number of aliphatic hydroxyl groups excluding tert-OH is 1. The first kappa shape index (κ1) is 24.6. The Kier molecular flexibility index (Phi) is 7.01. The van der Waals surface area contributed by atoms with Crippen molar-refractivity contribution >= 4 is 17.4 Å². The molecule has 2 aromatic carbocycles. The average Bonchev–Trinajstić information content (AvgIpc) is 3.03. The van der Waals surface area contributed by atoms with Gasteiger partial charge in [0.1, 0.15) is 11.5 Å². The van der Waals surface area contributed by atoms with Gasteiger partial charge in [-0.15, -0.1) is 0 Å². The van der Waals surface area contributed by atoms with Gasteiger partial charge < -0.3 is 14.7 Å². The molecule has 1 atom stereocenters. The second-order valence-corrected chi connectivity index (χ2v) is 9.98. The first-order valence-corrected chi connectivity index (χ1v) is 11.6. The molecule has 1 heterocycles. The first-order chi connectivity index (χ1) is 15.5. The molecule has 1 aliphatic heterocycles. The van der Waals surface area contributed by atoms with Crippen LogP contribution in [0.5, 0.6) is 5.75 Å². The van der Waals surface area contributed by atoms with Crippen molar-refractivity contribution in [1.82, 2.24) is 4.90 Å². The number of nitrogens with zero attached hydrogens (tertiary/aromatic N) is 1. The summed E-state index contributed by atoms with van der Waals surface area (Å²) in [4.78, 5) is 27.6. The highest BCUT2D eigenvalue weighted by Crippen LogP contribution is 2.41. The molecule has 1 unspecified atom stereocenters. The van der Waals surface area contributed by atoms with Crippen LogP contribution in [0.15, 0.2) is 48.0 Å². The lowest BCUT2D eigenvalue weighted by Gasteiger charge is -2.26. The van der Waals surface area contributed by atoms with Gasteiger partial charge in [-0.1, -0.05) is 65.8 Å². The second kappa shape index (κ2) is 9.42. The van der Waals surface area contributed by atoms with Crippen molar-refractivity contribution in [2.75, 3.05) is 13.7 Å². The van der Waals surface area contributed by atoms with Crippen LogP contribution in [0.4, 0.5) is 0 Å². The third-order valence-corrected chi connectivity index (χ3v) is 6.20. The van der Waals surface area contributed by atoms with E-state index in [-0.39, 0.29) is 16.7 Å². The number of carbonyl (C=O) groups is 2. The number of hydrogen-bond donors (Lipinski definition) is 1. The smallest absolute Gasteiger partial charge is 0.295 e. The summed E-state index contributed by atoms with van der Waals surface area (Å²) >= 11 is 0. The van der Waals surface area contributed by atoms with Crippen LogP contribution in [0.25, 0.3) is 5.76 Å². The molecule has 0 aromatic heterocycles. The highest BCUT2D eigenvalue weighted by Gasteiger charge is 2.45. The fraction of sp³-hybridized carbons (Fsp3) is 0.429. The molecule has 176 valence electrons. The first-order valence-electron chi connectivity index (χ1n) is 11.6. The third-order valence-electron chi connectivity index (χ3n) is 6.20. The summed E-state index contributed by atoms with van der Waals surface area (Å²) in [5.74, 6) is -0.284. The standard InChI is InChI=1S/C28H35NO4/c1-8-15-29-24(19-11-9-18(10-12-19)17(2)3)23(26(31)27(29)32)25(30)20-13-14-22(33-7)21(16-20)28(4,5)6/h9-14,16-17,24,30H,8,15H2,1-7H3/b25-23-. The molecule has 1 saturated heterocycles. The molecule has 1 amide bonds. The monoisotopic (exact) mass is 449 g/mol. The lowest BCUT2D eigenvalue weighted by atomic mass is 9.84. The Hall–Kier alpha value is -3.08. The fourth-order valence-electron chi connectivity index (χ4n) is 4.36. The molecule has 1 aliphatic rings. The largest absolute Gasteiger partial charge is 0.507 e. The van der Waals surface area contributed by atoms with E-state index < -0.39 is 17.7 Å². The zero-order valence-corrected chi connectivity index (χ0v) is 20.7. The molecule has 0 radical (unpaired) electrons. The van der Waals surface area contributed by atoms with Crippen molar-refractivity contribution in [3.05, 3.63) is 70.3 Å². The number of ether oxygens (including phenoxy) is 1. The molecule has 0 spiro atoms. The van der Waals surface area contributed by atoms with Gasteiger partial charge in [-0.3, -0.25) is 9.59 Å². The number of amides is 1. The van der Waals surface area contributed by atoms with Crippen molar-refractivity contribution in [2.45, 2.75) is 65.3 Å². The van der Waals surface area contributed by atoms with E-state index in [4.69, 9.17) is 4.74 Å². The quantitative estimate of drug-likeness (QED) is 0.336. The summed E-state index contributed by atoms with van der Waals surface area (Å²) < 4.78 is 5.51. The Morgan fingerprint density at radius 1 is 1.09 bits per heavy atom. The summed E-state index contributed by atoms with van der Waals surface area (Å²) in [6, 6.07) is 12.7. The van der Waals surface area contributed by atoms with Crippen LogP contribution in [-0.4, -0.2) is 35.4 Å². The number of Topliss-reactive ketones (excluding diaryl/α,β-unsaturated/α-hetero) is 1. The van der Waals surface area contributed by atoms with E-state index in [1.54, 1.807) is 24.1 Å². The summed E-state index contributed by atoms with van der Waals surface area (Å²) in [5.41, 5.74) is 3.31. The normalized spacial score (nSPS) is 18.3. The minimum absolute atomic E-state index is 0.135. The van der Waals surface area contributed by atoms with Gasteiger partial charge >= 0.3 is 0 Å². The molecule has 0 saturated carbocycles. The molecule has 3 rings (SSSR count). The Balaban J connectivity index is 2.20. The average molecular weight is 450 g/mol. The number of ketones is 1. The van der Waals surface area contributed by atoms with Crippen molar-refractivity contribution < 1.29 is 19.4 Å². The van der Waals surface area contributed by atoms with Crippen LogP contribution >= 0.6 is 0 Å². The number of carbonyl (C=O) groups excluding carboxylic acids is 2. The molecular formula is C28H35NO4. The summed E-state index contributed by atoms with van der Waals surface area (Å²) in [7, 11) is 1.61. The van der Waals surface area contributed by atoms with Crippen LogP contribution in [0.2, 0.25) is 0 Å². The molecule has 1 fully saturated rings. The maximum absolute atomic E-state index is 13.1. The zero-order chi connectivity index (χ0) is 24.5. The number of benzene rings is 2. The van der Waals surface area contributed by atoms with Gasteiger partial charge in [-0.05, 0) is 47.1 Å². The van der Waals surface area contributed by atoms with Crippen LogP contribution < -0.4 is 4.74 Å². The summed E-state index contributed by atoms with van der Waals surface area (Å²) in [6.07, 6.45) is 0.713. The zero-order valence-electron chi connectivity index (χ0n) is 20.7. The van der Waals surface area contributed by atoms with Crippen LogP contribution in [-0.2, 0) is 15.0 Å². The minimum Gasteiger partial charge on any atom is -0.507 e. The predicted molar refractivity (Wildman–Crippen MR) is 132 cm³/mol. The topological polar surface area (TPSA) is 66.8 Å². The third kappa shape index (κ3) is 4.68. The van der Waals surface area contributed by atoms with Gasteiger partial charge in [-0.25, -0.2) is 0 Å². The minimum atomic E-state index is -0.646. The van der Waals surface area contributed by atoms with E-state index in [2.05, 4.69) is 34.6 Å². The Labute approximate surface area is 197 Å². The van der Waals surface area contributed by atoms with Gasteiger partial charge in [0, 0.05) is 17.7 Å². The number of methoxy groups -OCH3 is 1. The summed E-state index contributed by atoms with van der Waals surface area (Å²) in [6.45, 7) is 12.8. The molecule has 0 aliphatic carbocycles. The van der Waals surface area contributed by atoms with Crippen molar-refractivity contribution in [2.24, 2.45) is 0 Å². The lowest BCUT2D eigenvalue weighted by molar-refractivity contribution is -0.139. The molecule has 2 aromatic rings. The molecular weight excluding hydrogens is 414 g/mol. The van der Waals surface area contributed by atoms with E-state index >= 15 is 0 Å². The Morgan fingerprint density at radius 3 is 2.24 bits per heavy atom. The van der Waals surface area contributed by atoms with E-state index in [9.17, 15) is 14.7 Å². The van der Waals surface area contributed by atoms with Crippen molar-refractivity contribution in [3.63, 3.8) is 0 Å². The van der Waals surface area contributed by atoms with Gasteiger partial charge in [0.2, 0.25) is 0 Å². The van der Waals surface area contributed by atoms with Crippen LogP contribution in [0.1, 0.15) is 82.2 Å². The van der Waals surface area contributed by atoms with E-state index in [1.165, 1.54) is 5.56 Å². The lowest BCUT2D eigenvalue weighted by Crippen LogP contribution is -2.30. The summed E-state index contributed by atoms with van der Waals surface area (Å²) in [5, 5.41) is 11.4. The number of hydrogen-bond acceptors (Lipinski definition) is 4. The Morgan fingerprint density at radius 2 is 1.73 bits per heavy atom. The molecule has 33 heavy (non-hydrogen) atoms. The predicted octanol–water partition coefficient (Wildman–Crippen LogP) is 5.95. The molecule has 1 N–H and O–H groups in total. The number of aliphatic hydroxyl groups is 1. The second-order valence-electron chi connectivity index (χ2n) is 9.98. The van der Waals surface area contributed by atoms with Crippen LogP contribution in [0, 0.1) is 0 Å².